The molecule has 0 spiro atoms. The lowest BCUT2D eigenvalue weighted by molar-refractivity contribution is 0.0952. The molecule has 0 atom stereocenters. The van der Waals surface area contributed by atoms with Crippen LogP contribution in [0.3, 0.4) is 0 Å². The molecule has 0 aromatic heterocycles. The Balaban J connectivity index is 1.25. The van der Waals surface area contributed by atoms with Crippen LogP contribution in [0.4, 0.5) is 0 Å². The van der Waals surface area contributed by atoms with Gasteiger partial charge >= 0.3 is 0 Å². The molecule has 1 amide bonds. The number of ether oxygens (including phenoxy) is 2. The molecule has 0 unspecified atom stereocenters. The van der Waals surface area contributed by atoms with Gasteiger partial charge in [0.1, 0.15) is 18.1 Å². The molecule has 1 N–H and O–H groups in total. The first-order valence-corrected chi connectivity index (χ1v) is 12.5. The average Bonchev–Trinajstić information content (AvgIpc) is 2.91. The predicted octanol–water partition coefficient (Wildman–Crippen LogP) is 6.95. The Labute approximate surface area is 222 Å². The van der Waals surface area contributed by atoms with Crippen LogP contribution in [0.5, 0.6) is 11.5 Å². The standard InChI is InChI=1S/C30H23IN2O3/c1-35-29-17-23-9-3-2-8-22(23)16-26(29)30(34)33-32-18-20-13-14-28(27(31)15-20)36-19-24-11-6-10-21-7-4-5-12-25(21)24/h2-18H,19H2,1H3,(H,33,34)/b32-18-. The molecule has 5 rings (SSSR count). The second-order valence-corrected chi connectivity index (χ2v) is 9.38. The summed E-state index contributed by atoms with van der Waals surface area (Å²) in [7, 11) is 1.55. The quantitative estimate of drug-likeness (QED) is 0.128. The van der Waals surface area contributed by atoms with Crippen LogP contribution in [0.2, 0.25) is 0 Å². The Morgan fingerprint density at radius 1 is 0.861 bits per heavy atom. The maximum Gasteiger partial charge on any atom is 0.275 e. The molecule has 5 aromatic carbocycles. The second-order valence-electron chi connectivity index (χ2n) is 8.22. The smallest absolute Gasteiger partial charge is 0.275 e. The number of amides is 1. The van der Waals surface area contributed by atoms with Crippen LogP contribution in [0.25, 0.3) is 21.5 Å². The lowest BCUT2D eigenvalue weighted by Crippen LogP contribution is -2.18. The molecular weight excluding hydrogens is 563 g/mol. The van der Waals surface area contributed by atoms with E-state index in [0.717, 1.165) is 31.2 Å². The van der Waals surface area contributed by atoms with Gasteiger partial charge in [0.2, 0.25) is 0 Å². The van der Waals surface area contributed by atoms with E-state index in [1.165, 1.54) is 10.8 Å². The summed E-state index contributed by atoms with van der Waals surface area (Å²) in [6.45, 7) is 0.481. The van der Waals surface area contributed by atoms with E-state index in [1.54, 1.807) is 13.3 Å². The number of hydrazone groups is 1. The van der Waals surface area contributed by atoms with E-state index in [-0.39, 0.29) is 5.91 Å². The molecule has 0 aliphatic heterocycles. The van der Waals surface area contributed by atoms with Gasteiger partial charge in [-0.15, -0.1) is 0 Å². The molecule has 0 radical (unpaired) electrons. The Bertz CT molecular complexity index is 1590. The van der Waals surface area contributed by atoms with Crippen molar-refractivity contribution in [3.05, 3.63) is 117 Å². The second kappa shape index (κ2) is 10.8. The van der Waals surface area contributed by atoms with Gasteiger partial charge in [-0.3, -0.25) is 4.79 Å². The number of carbonyl (C=O) groups is 1. The number of nitrogens with zero attached hydrogens (tertiary/aromatic N) is 1. The summed E-state index contributed by atoms with van der Waals surface area (Å²) in [5, 5.41) is 8.50. The summed E-state index contributed by atoms with van der Waals surface area (Å²) in [6.07, 6.45) is 1.61. The van der Waals surface area contributed by atoms with E-state index in [4.69, 9.17) is 9.47 Å². The monoisotopic (exact) mass is 586 g/mol. The molecule has 0 saturated carbocycles. The number of rotatable bonds is 7. The van der Waals surface area contributed by atoms with Gasteiger partial charge in [-0.05, 0) is 85.6 Å². The van der Waals surface area contributed by atoms with Crippen molar-refractivity contribution in [2.45, 2.75) is 6.61 Å². The van der Waals surface area contributed by atoms with Gasteiger partial charge in [0.25, 0.3) is 5.91 Å². The molecule has 0 aliphatic carbocycles. The first-order chi connectivity index (χ1) is 17.6. The molecule has 0 saturated heterocycles. The first kappa shape index (κ1) is 23.8. The van der Waals surface area contributed by atoms with Crippen molar-refractivity contribution < 1.29 is 14.3 Å². The molecular formula is C30H23IN2O3. The minimum Gasteiger partial charge on any atom is -0.496 e. The van der Waals surface area contributed by atoms with Crippen molar-refractivity contribution in [3.63, 3.8) is 0 Å². The highest BCUT2D eigenvalue weighted by Crippen LogP contribution is 2.27. The van der Waals surface area contributed by atoms with Crippen LogP contribution in [0, 0.1) is 3.57 Å². The highest BCUT2D eigenvalue weighted by atomic mass is 127. The van der Waals surface area contributed by atoms with Crippen LogP contribution in [-0.2, 0) is 6.61 Å². The largest absolute Gasteiger partial charge is 0.496 e. The minimum absolute atomic E-state index is 0.335. The van der Waals surface area contributed by atoms with E-state index < -0.39 is 0 Å². The van der Waals surface area contributed by atoms with Crippen molar-refractivity contribution in [1.82, 2.24) is 5.43 Å². The summed E-state index contributed by atoms with van der Waals surface area (Å²) in [6, 6.07) is 31.8. The van der Waals surface area contributed by atoms with Gasteiger partial charge in [-0.2, -0.15) is 5.10 Å². The molecule has 36 heavy (non-hydrogen) atoms. The summed E-state index contributed by atoms with van der Waals surface area (Å²) < 4.78 is 12.5. The summed E-state index contributed by atoms with van der Waals surface area (Å²) in [5.41, 5.74) is 5.02. The fourth-order valence-electron chi connectivity index (χ4n) is 4.08. The summed E-state index contributed by atoms with van der Waals surface area (Å²) in [4.78, 5) is 12.8. The molecule has 0 fully saturated rings. The fraction of sp³-hybridized carbons (Fsp3) is 0.0667. The van der Waals surface area contributed by atoms with E-state index in [0.29, 0.717) is 17.9 Å². The number of methoxy groups -OCH3 is 1. The van der Waals surface area contributed by atoms with Gasteiger partial charge in [0.05, 0.1) is 22.5 Å². The van der Waals surface area contributed by atoms with Gasteiger partial charge < -0.3 is 9.47 Å². The molecule has 0 heterocycles. The normalized spacial score (nSPS) is 11.2. The highest BCUT2D eigenvalue weighted by Gasteiger charge is 2.13. The molecule has 5 nitrogen and oxygen atoms in total. The number of halogens is 1. The van der Waals surface area contributed by atoms with E-state index in [2.05, 4.69) is 57.4 Å². The molecule has 5 aromatic rings. The molecule has 178 valence electrons. The average molecular weight is 586 g/mol. The topological polar surface area (TPSA) is 59.9 Å². The lowest BCUT2D eigenvalue weighted by Gasteiger charge is -2.11. The first-order valence-electron chi connectivity index (χ1n) is 11.4. The zero-order valence-electron chi connectivity index (χ0n) is 19.6. The van der Waals surface area contributed by atoms with Crippen LogP contribution < -0.4 is 14.9 Å². The van der Waals surface area contributed by atoms with E-state index in [1.807, 2.05) is 72.8 Å². The van der Waals surface area contributed by atoms with E-state index >= 15 is 0 Å². The maximum absolute atomic E-state index is 12.8. The van der Waals surface area contributed by atoms with Gasteiger partial charge in [0, 0.05) is 0 Å². The summed E-state index contributed by atoms with van der Waals surface area (Å²) in [5.74, 6) is 0.966. The number of carbonyl (C=O) groups excluding carboxylic acids is 1. The van der Waals surface area contributed by atoms with Crippen LogP contribution in [0.15, 0.2) is 102 Å². The zero-order valence-corrected chi connectivity index (χ0v) is 21.7. The third-order valence-electron chi connectivity index (χ3n) is 5.91. The number of hydrogen-bond donors (Lipinski definition) is 1. The SMILES string of the molecule is COc1cc2ccccc2cc1C(=O)N/N=C\c1ccc(OCc2cccc3ccccc23)c(I)c1. The third-order valence-corrected chi connectivity index (χ3v) is 6.75. The lowest BCUT2D eigenvalue weighted by atomic mass is 10.1. The fourth-order valence-corrected chi connectivity index (χ4v) is 4.77. The number of fused-ring (bicyclic) bond motifs is 2. The van der Waals surface area contributed by atoms with Gasteiger partial charge in [-0.25, -0.2) is 5.43 Å². The van der Waals surface area contributed by atoms with Crippen molar-refractivity contribution in [2.24, 2.45) is 5.10 Å². The highest BCUT2D eigenvalue weighted by molar-refractivity contribution is 14.1. The molecule has 6 heteroatoms. The predicted molar refractivity (Wildman–Crippen MR) is 153 cm³/mol. The Hall–Kier alpha value is -3.91. The number of benzene rings is 5. The van der Waals surface area contributed by atoms with E-state index in [9.17, 15) is 4.79 Å². The van der Waals surface area contributed by atoms with Crippen LogP contribution in [-0.4, -0.2) is 19.2 Å². The zero-order chi connectivity index (χ0) is 24.9. The number of nitrogens with one attached hydrogen (secondary N) is 1. The number of hydrogen-bond acceptors (Lipinski definition) is 4. The van der Waals surface area contributed by atoms with Crippen molar-refractivity contribution in [3.8, 4) is 11.5 Å². The molecule has 0 aliphatic rings. The van der Waals surface area contributed by atoms with Gasteiger partial charge in [0.15, 0.2) is 0 Å². The van der Waals surface area contributed by atoms with Gasteiger partial charge in [-0.1, -0.05) is 66.7 Å². The maximum atomic E-state index is 12.8. The Morgan fingerprint density at radius 2 is 1.58 bits per heavy atom. The van der Waals surface area contributed by atoms with Crippen molar-refractivity contribution in [1.29, 1.82) is 0 Å². The van der Waals surface area contributed by atoms with Crippen molar-refractivity contribution >= 4 is 56.3 Å². The summed E-state index contributed by atoms with van der Waals surface area (Å²) >= 11 is 2.25. The Kier molecular flexibility index (Phi) is 7.13. The minimum atomic E-state index is -0.335. The third kappa shape index (κ3) is 5.18. The Morgan fingerprint density at radius 3 is 2.36 bits per heavy atom. The van der Waals surface area contributed by atoms with Crippen LogP contribution in [0.1, 0.15) is 21.5 Å². The molecule has 0 bridgehead atoms. The van der Waals surface area contributed by atoms with Crippen molar-refractivity contribution in [2.75, 3.05) is 7.11 Å². The van der Waals surface area contributed by atoms with Crippen LogP contribution >= 0.6 is 22.6 Å².